The van der Waals surface area contributed by atoms with E-state index < -0.39 is 21.8 Å². The number of hydrogen-bond acceptors (Lipinski definition) is 7. The third-order valence-electron chi connectivity index (χ3n) is 4.90. The Kier molecular flexibility index (Phi) is 6.97. The molecule has 12 heteroatoms. The van der Waals surface area contributed by atoms with Crippen LogP contribution in [0.1, 0.15) is 5.56 Å². The van der Waals surface area contributed by atoms with Crippen LogP contribution in [0.4, 0.5) is 42.0 Å². The molecule has 0 aliphatic carbocycles. The van der Waals surface area contributed by atoms with Crippen LogP contribution >= 0.6 is 0 Å². The zero-order valence-electron chi connectivity index (χ0n) is 18.7. The third-order valence-corrected chi connectivity index (χ3v) is 6.30. The van der Waals surface area contributed by atoms with Crippen molar-refractivity contribution in [2.24, 2.45) is 0 Å². The summed E-state index contributed by atoms with van der Waals surface area (Å²) in [5.41, 5.74) is 0.706. The molecule has 0 saturated carbocycles. The minimum absolute atomic E-state index is 0.233. The van der Waals surface area contributed by atoms with Crippen LogP contribution in [0.15, 0.2) is 90.0 Å². The number of anilines is 5. The van der Waals surface area contributed by atoms with Crippen molar-refractivity contribution in [3.05, 3.63) is 90.6 Å². The van der Waals surface area contributed by atoms with Gasteiger partial charge >= 0.3 is 6.18 Å². The van der Waals surface area contributed by atoms with Crippen molar-refractivity contribution in [2.75, 3.05) is 22.5 Å². The number of ether oxygens (including phenoxy) is 1. The average molecular weight is 516 g/mol. The molecule has 4 rings (SSSR count). The fourth-order valence-electron chi connectivity index (χ4n) is 3.10. The lowest BCUT2D eigenvalue weighted by Gasteiger charge is -2.11. The maximum atomic E-state index is 12.7. The van der Waals surface area contributed by atoms with Gasteiger partial charge in [-0.15, -0.1) is 0 Å². The van der Waals surface area contributed by atoms with Crippen LogP contribution in [0, 0.1) is 0 Å². The summed E-state index contributed by atoms with van der Waals surface area (Å²) in [6, 6.07) is 18.5. The summed E-state index contributed by atoms with van der Waals surface area (Å²) in [5.74, 6) is 1.60. The standard InChI is InChI=1S/C24H20F3N5O3S/c1-35-20-10-8-17(9-11-20)29-22-14-15-28-23(31-22)30-18-4-6-19(7-5-18)32-36(33,34)21-12-2-16(3-13-21)24(25,26)27/h2-15,32H,1H3,(H2,28,29,30,31). The first-order valence-electron chi connectivity index (χ1n) is 10.4. The maximum Gasteiger partial charge on any atom is 0.416 e. The molecule has 0 radical (unpaired) electrons. The number of nitrogens with zero attached hydrogens (tertiary/aromatic N) is 2. The summed E-state index contributed by atoms with van der Waals surface area (Å²) in [7, 11) is -2.48. The van der Waals surface area contributed by atoms with Crippen LogP contribution in [0.5, 0.6) is 5.75 Å². The Balaban J connectivity index is 1.40. The smallest absolute Gasteiger partial charge is 0.416 e. The molecule has 4 aromatic rings. The lowest BCUT2D eigenvalue weighted by molar-refractivity contribution is -0.137. The van der Waals surface area contributed by atoms with Gasteiger partial charge in [-0.2, -0.15) is 18.2 Å². The van der Waals surface area contributed by atoms with Gasteiger partial charge in [0.15, 0.2) is 0 Å². The minimum atomic E-state index is -4.55. The van der Waals surface area contributed by atoms with Gasteiger partial charge in [0.05, 0.1) is 17.6 Å². The number of hydrogen-bond donors (Lipinski definition) is 3. The van der Waals surface area contributed by atoms with Gasteiger partial charge < -0.3 is 15.4 Å². The van der Waals surface area contributed by atoms with Crippen LogP contribution < -0.4 is 20.1 Å². The number of benzene rings is 3. The zero-order valence-corrected chi connectivity index (χ0v) is 19.6. The van der Waals surface area contributed by atoms with Gasteiger partial charge in [0.1, 0.15) is 11.6 Å². The SMILES string of the molecule is COc1ccc(Nc2ccnc(Nc3ccc(NS(=O)(=O)c4ccc(C(F)(F)F)cc4)cc3)n2)cc1. The Bertz CT molecular complexity index is 1430. The van der Waals surface area contributed by atoms with Crippen LogP contribution in [0.3, 0.4) is 0 Å². The summed E-state index contributed by atoms with van der Waals surface area (Å²) in [6.45, 7) is 0. The Morgan fingerprint density at radius 1 is 0.778 bits per heavy atom. The second-order valence-electron chi connectivity index (χ2n) is 7.45. The second-order valence-corrected chi connectivity index (χ2v) is 9.13. The summed E-state index contributed by atoms with van der Waals surface area (Å²) >= 11 is 0. The monoisotopic (exact) mass is 515 g/mol. The molecule has 0 amide bonds. The predicted molar refractivity (Wildman–Crippen MR) is 130 cm³/mol. The molecule has 0 aliphatic heterocycles. The highest BCUT2D eigenvalue weighted by molar-refractivity contribution is 7.92. The quantitative estimate of drug-likeness (QED) is 0.273. The molecule has 3 aromatic carbocycles. The molecule has 1 aromatic heterocycles. The van der Waals surface area contributed by atoms with E-state index in [2.05, 4.69) is 25.3 Å². The van der Waals surface area contributed by atoms with E-state index in [1.807, 2.05) is 24.3 Å². The molecule has 8 nitrogen and oxygen atoms in total. The highest BCUT2D eigenvalue weighted by Gasteiger charge is 2.30. The number of sulfonamides is 1. The van der Waals surface area contributed by atoms with Crippen molar-refractivity contribution in [1.82, 2.24) is 9.97 Å². The van der Waals surface area contributed by atoms with E-state index in [1.54, 1.807) is 31.5 Å². The zero-order chi connectivity index (χ0) is 25.8. The molecule has 0 aliphatic rings. The molecule has 0 atom stereocenters. The van der Waals surface area contributed by atoms with E-state index >= 15 is 0 Å². The minimum Gasteiger partial charge on any atom is -0.497 e. The van der Waals surface area contributed by atoms with Crippen molar-refractivity contribution >= 4 is 38.9 Å². The number of halogens is 3. The molecule has 0 unspecified atom stereocenters. The van der Waals surface area contributed by atoms with Crippen molar-refractivity contribution in [3.8, 4) is 5.75 Å². The van der Waals surface area contributed by atoms with E-state index in [0.717, 1.165) is 35.7 Å². The first kappa shape index (κ1) is 24.8. The third kappa shape index (κ3) is 6.21. The Labute approximate surface area is 205 Å². The van der Waals surface area contributed by atoms with Crippen molar-refractivity contribution in [1.29, 1.82) is 0 Å². The van der Waals surface area contributed by atoms with Crippen LogP contribution in [-0.2, 0) is 16.2 Å². The highest BCUT2D eigenvalue weighted by atomic mass is 32.2. The average Bonchev–Trinajstić information content (AvgIpc) is 2.85. The molecule has 0 spiro atoms. The number of alkyl halides is 3. The van der Waals surface area contributed by atoms with Gasteiger partial charge in [-0.3, -0.25) is 4.72 Å². The molecular weight excluding hydrogens is 495 g/mol. The Hall–Kier alpha value is -4.32. The topological polar surface area (TPSA) is 105 Å². The van der Waals surface area contributed by atoms with Gasteiger partial charge in [-0.1, -0.05) is 0 Å². The van der Waals surface area contributed by atoms with Gasteiger partial charge in [-0.25, -0.2) is 13.4 Å². The van der Waals surface area contributed by atoms with Gasteiger partial charge in [0.25, 0.3) is 10.0 Å². The summed E-state index contributed by atoms with van der Waals surface area (Å²) < 4.78 is 70.7. The van der Waals surface area contributed by atoms with Crippen molar-refractivity contribution < 1.29 is 26.3 Å². The fraction of sp³-hybridized carbons (Fsp3) is 0.0833. The predicted octanol–water partition coefficient (Wildman–Crippen LogP) is 5.79. The van der Waals surface area contributed by atoms with Crippen LogP contribution in [-0.4, -0.2) is 25.5 Å². The molecule has 0 fully saturated rings. The lowest BCUT2D eigenvalue weighted by Crippen LogP contribution is -2.13. The van der Waals surface area contributed by atoms with Crippen LogP contribution in [0.25, 0.3) is 0 Å². The Morgan fingerprint density at radius 2 is 1.36 bits per heavy atom. The molecular formula is C24H20F3N5O3S. The van der Waals surface area contributed by atoms with E-state index in [4.69, 9.17) is 4.74 Å². The normalized spacial score (nSPS) is 11.6. The summed E-state index contributed by atoms with van der Waals surface area (Å²) in [4.78, 5) is 8.29. The molecule has 0 saturated heterocycles. The van der Waals surface area contributed by atoms with Gasteiger partial charge in [0.2, 0.25) is 5.95 Å². The molecule has 1 heterocycles. The highest BCUT2D eigenvalue weighted by Crippen LogP contribution is 2.30. The largest absolute Gasteiger partial charge is 0.497 e. The molecule has 3 N–H and O–H groups in total. The molecule has 186 valence electrons. The number of methoxy groups -OCH3 is 1. The number of rotatable bonds is 8. The van der Waals surface area contributed by atoms with E-state index in [9.17, 15) is 21.6 Å². The summed E-state index contributed by atoms with van der Waals surface area (Å²) in [6.07, 6.45) is -2.97. The Morgan fingerprint density at radius 3 is 1.97 bits per heavy atom. The van der Waals surface area contributed by atoms with E-state index in [0.29, 0.717) is 17.5 Å². The van der Waals surface area contributed by atoms with Gasteiger partial charge in [-0.05, 0) is 78.9 Å². The van der Waals surface area contributed by atoms with Gasteiger partial charge in [0, 0.05) is 23.3 Å². The first-order valence-corrected chi connectivity index (χ1v) is 11.9. The van der Waals surface area contributed by atoms with E-state index in [-0.39, 0.29) is 10.6 Å². The van der Waals surface area contributed by atoms with Crippen molar-refractivity contribution in [2.45, 2.75) is 11.1 Å². The molecule has 0 bridgehead atoms. The fourth-order valence-corrected chi connectivity index (χ4v) is 4.16. The number of aromatic nitrogens is 2. The lowest BCUT2D eigenvalue weighted by atomic mass is 10.2. The maximum absolute atomic E-state index is 12.7. The van der Waals surface area contributed by atoms with Crippen LogP contribution in [0.2, 0.25) is 0 Å². The molecule has 36 heavy (non-hydrogen) atoms. The van der Waals surface area contributed by atoms with Crippen molar-refractivity contribution in [3.63, 3.8) is 0 Å². The number of nitrogens with one attached hydrogen (secondary N) is 3. The van der Waals surface area contributed by atoms with E-state index in [1.165, 1.54) is 12.1 Å². The summed E-state index contributed by atoms with van der Waals surface area (Å²) in [5, 5.41) is 6.18. The first-order chi connectivity index (χ1) is 17.1. The second kappa shape index (κ2) is 10.1.